The Hall–Kier alpha value is -3.14. The highest BCUT2D eigenvalue weighted by Gasteiger charge is 1.98. The smallest absolute Gasteiger partial charge is 0.123 e. The van der Waals surface area contributed by atoms with Gasteiger partial charge in [-0.05, 0) is 78.7 Å². The first-order chi connectivity index (χ1) is 12.7. The molecular weight excluding hydrogens is 329 g/mol. The monoisotopic (exact) mass is 349 g/mol. The maximum Gasteiger partial charge on any atom is 0.123 e. The maximum absolute atomic E-state index is 12.9. The number of hydrogen-bond donors (Lipinski definition) is 0. The summed E-state index contributed by atoms with van der Waals surface area (Å²) in [5.74, 6) is 1.35. The lowest BCUT2D eigenvalue weighted by molar-refractivity contribution is 0.306. The van der Waals surface area contributed by atoms with Crippen LogP contribution in [0.15, 0.2) is 77.8 Å². The fourth-order valence-electron chi connectivity index (χ4n) is 2.34. The molecular formula is C22H20FNO2. The summed E-state index contributed by atoms with van der Waals surface area (Å²) in [6.45, 7) is 3.01. The first-order valence-electron chi connectivity index (χ1n) is 8.47. The zero-order valence-corrected chi connectivity index (χ0v) is 14.6. The Labute approximate surface area is 152 Å². The van der Waals surface area contributed by atoms with Gasteiger partial charge in [-0.1, -0.05) is 12.1 Å². The molecule has 0 aliphatic carbocycles. The van der Waals surface area contributed by atoms with E-state index in [0.29, 0.717) is 13.2 Å². The first-order valence-corrected chi connectivity index (χ1v) is 8.47. The van der Waals surface area contributed by atoms with Crippen molar-refractivity contribution in [3.8, 4) is 11.5 Å². The van der Waals surface area contributed by atoms with Crippen LogP contribution in [-0.4, -0.2) is 12.8 Å². The Morgan fingerprint density at radius 2 is 1.42 bits per heavy atom. The molecule has 0 radical (unpaired) electrons. The molecule has 0 N–H and O–H groups in total. The molecule has 0 bridgehead atoms. The van der Waals surface area contributed by atoms with Gasteiger partial charge >= 0.3 is 0 Å². The van der Waals surface area contributed by atoms with Crippen molar-refractivity contribution in [2.45, 2.75) is 13.5 Å². The van der Waals surface area contributed by atoms with Gasteiger partial charge in [0.1, 0.15) is 23.9 Å². The van der Waals surface area contributed by atoms with E-state index in [0.717, 1.165) is 28.3 Å². The van der Waals surface area contributed by atoms with Crippen LogP contribution < -0.4 is 9.47 Å². The van der Waals surface area contributed by atoms with Gasteiger partial charge in [-0.25, -0.2) is 4.39 Å². The van der Waals surface area contributed by atoms with Gasteiger partial charge in [0, 0.05) is 6.21 Å². The topological polar surface area (TPSA) is 30.8 Å². The van der Waals surface area contributed by atoms with E-state index < -0.39 is 0 Å². The van der Waals surface area contributed by atoms with E-state index in [1.165, 1.54) is 12.1 Å². The van der Waals surface area contributed by atoms with Crippen LogP contribution in [0, 0.1) is 5.82 Å². The van der Waals surface area contributed by atoms with Crippen LogP contribution in [0.4, 0.5) is 10.1 Å². The molecule has 0 saturated carbocycles. The van der Waals surface area contributed by atoms with Crippen molar-refractivity contribution in [2.24, 2.45) is 4.99 Å². The molecule has 3 aromatic carbocycles. The number of rotatable bonds is 7. The normalized spacial score (nSPS) is 10.8. The number of aliphatic imine (C=N–C) groups is 1. The predicted molar refractivity (Wildman–Crippen MR) is 102 cm³/mol. The Kier molecular flexibility index (Phi) is 5.99. The second-order valence-electron chi connectivity index (χ2n) is 5.67. The van der Waals surface area contributed by atoms with Crippen molar-refractivity contribution < 1.29 is 13.9 Å². The molecule has 0 saturated heterocycles. The van der Waals surface area contributed by atoms with Crippen LogP contribution in [0.25, 0.3) is 0 Å². The highest BCUT2D eigenvalue weighted by molar-refractivity contribution is 5.82. The van der Waals surface area contributed by atoms with Gasteiger partial charge in [-0.2, -0.15) is 0 Å². The number of benzene rings is 3. The Bertz CT molecular complexity index is 841. The van der Waals surface area contributed by atoms with Crippen LogP contribution in [0.1, 0.15) is 18.1 Å². The highest BCUT2D eigenvalue weighted by atomic mass is 19.1. The molecule has 0 heterocycles. The number of ether oxygens (including phenoxy) is 2. The van der Waals surface area contributed by atoms with Crippen molar-refractivity contribution in [1.29, 1.82) is 0 Å². The van der Waals surface area contributed by atoms with Crippen LogP contribution in [0.3, 0.4) is 0 Å². The van der Waals surface area contributed by atoms with Crippen molar-refractivity contribution in [2.75, 3.05) is 6.61 Å². The summed E-state index contributed by atoms with van der Waals surface area (Å²) in [4.78, 5) is 4.45. The fourth-order valence-corrected chi connectivity index (χ4v) is 2.34. The number of nitrogens with zero attached hydrogens (tertiary/aromatic N) is 1. The van der Waals surface area contributed by atoms with E-state index >= 15 is 0 Å². The fraction of sp³-hybridized carbons (Fsp3) is 0.136. The summed E-state index contributed by atoms with van der Waals surface area (Å²) < 4.78 is 24.0. The standard InChI is InChI=1S/C22H20FNO2/c1-2-25-21-13-9-20(10-14-21)24-15-17-5-11-22(12-6-17)26-16-18-3-7-19(23)8-4-18/h3-15H,2,16H2,1H3. The largest absolute Gasteiger partial charge is 0.494 e. The molecule has 3 rings (SSSR count). The highest BCUT2D eigenvalue weighted by Crippen LogP contribution is 2.19. The minimum Gasteiger partial charge on any atom is -0.494 e. The molecule has 3 nitrogen and oxygen atoms in total. The zero-order chi connectivity index (χ0) is 18.2. The van der Waals surface area contributed by atoms with Gasteiger partial charge in [-0.15, -0.1) is 0 Å². The lowest BCUT2D eigenvalue weighted by Crippen LogP contribution is -1.95. The van der Waals surface area contributed by atoms with E-state index in [-0.39, 0.29) is 5.82 Å². The molecule has 26 heavy (non-hydrogen) atoms. The SMILES string of the molecule is CCOc1ccc(N=Cc2ccc(OCc3ccc(F)cc3)cc2)cc1. The van der Waals surface area contributed by atoms with Crippen LogP contribution in [0.5, 0.6) is 11.5 Å². The summed E-state index contributed by atoms with van der Waals surface area (Å²) in [5, 5.41) is 0. The summed E-state index contributed by atoms with van der Waals surface area (Å²) >= 11 is 0. The molecule has 0 aliphatic heterocycles. The second kappa shape index (κ2) is 8.81. The van der Waals surface area contributed by atoms with Gasteiger partial charge in [-0.3, -0.25) is 4.99 Å². The quantitative estimate of drug-likeness (QED) is 0.523. The van der Waals surface area contributed by atoms with Crippen molar-refractivity contribution in [1.82, 2.24) is 0 Å². The Morgan fingerprint density at radius 3 is 2.08 bits per heavy atom. The zero-order valence-electron chi connectivity index (χ0n) is 14.6. The molecule has 0 unspecified atom stereocenters. The van der Waals surface area contributed by atoms with E-state index in [1.807, 2.05) is 55.5 Å². The average Bonchev–Trinajstić information content (AvgIpc) is 2.68. The van der Waals surface area contributed by atoms with Crippen LogP contribution in [-0.2, 0) is 6.61 Å². The van der Waals surface area contributed by atoms with Gasteiger partial charge in [0.25, 0.3) is 0 Å². The molecule has 0 atom stereocenters. The van der Waals surface area contributed by atoms with Crippen molar-refractivity contribution in [3.05, 3.63) is 89.7 Å². The number of halogens is 1. The first kappa shape index (κ1) is 17.7. The van der Waals surface area contributed by atoms with Gasteiger partial charge in [0.15, 0.2) is 0 Å². The third-order valence-corrected chi connectivity index (χ3v) is 3.71. The van der Waals surface area contributed by atoms with Crippen LogP contribution in [0.2, 0.25) is 0 Å². The molecule has 0 amide bonds. The molecule has 0 aliphatic rings. The molecule has 0 spiro atoms. The van der Waals surface area contributed by atoms with E-state index in [4.69, 9.17) is 9.47 Å². The van der Waals surface area contributed by atoms with Crippen LogP contribution >= 0.6 is 0 Å². The van der Waals surface area contributed by atoms with E-state index in [9.17, 15) is 4.39 Å². The average molecular weight is 349 g/mol. The predicted octanol–water partition coefficient (Wildman–Crippen LogP) is 5.55. The Balaban J connectivity index is 1.55. The van der Waals surface area contributed by atoms with Crippen molar-refractivity contribution >= 4 is 11.9 Å². The summed E-state index contributed by atoms with van der Waals surface area (Å²) in [6.07, 6.45) is 1.80. The van der Waals surface area contributed by atoms with Gasteiger partial charge < -0.3 is 9.47 Å². The lowest BCUT2D eigenvalue weighted by Gasteiger charge is -2.06. The molecule has 0 fully saturated rings. The van der Waals surface area contributed by atoms with Gasteiger partial charge in [0.2, 0.25) is 0 Å². The molecule has 3 aromatic rings. The van der Waals surface area contributed by atoms with E-state index in [2.05, 4.69) is 4.99 Å². The minimum atomic E-state index is -0.245. The maximum atomic E-state index is 12.9. The van der Waals surface area contributed by atoms with Gasteiger partial charge in [0.05, 0.1) is 12.3 Å². The number of hydrogen-bond acceptors (Lipinski definition) is 3. The molecule has 4 heteroatoms. The van der Waals surface area contributed by atoms with E-state index in [1.54, 1.807) is 18.3 Å². The second-order valence-corrected chi connectivity index (χ2v) is 5.67. The summed E-state index contributed by atoms with van der Waals surface area (Å²) in [5.41, 5.74) is 2.77. The Morgan fingerprint density at radius 1 is 0.808 bits per heavy atom. The minimum absolute atomic E-state index is 0.245. The molecule has 132 valence electrons. The third-order valence-electron chi connectivity index (χ3n) is 3.71. The third kappa shape index (κ3) is 5.18. The van der Waals surface area contributed by atoms with Crippen molar-refractivity contribution in [3.63, 3.8) is 0 Å². The summed E-state index contributed by atoms with van der Waals surface area (Å²) in [7, 11) is 0. The summed E-state index contributed by atoms with van der Waals surface area (Å²) in [6, 6.07) is 21.6. The molecule has 0 aromatic heterocycles. The lowest BCUT2D eigenvalue weighted by atomic mass is 10.2.